The number of fused-ring (bicyclic) bond motifs is 1. The maximum atomic E-state index is 16.2. The van der Waals surface area contributed by atoms with Crippen LogP contribution in [0.25, 0.3) is 11.2 Å². The molecular formula is C65H82N7O21P. The average Bonchev–Trinajstić information content (AvgIpc) is 1.07. The van der Waals surface area contributed by atoms with Crippen LogP contribution in [-0.2, 0) is 85.8 Å². The van der Waals surface area contributed by atoms with Gasteiger partial charge < -0.3 is 67.9 Å². The second-order valence-electron chi connectivity index (χ2n) is 22.5. The lowest BCUT2D eigenvalue weighted by atomic mass is 9.79. The van der Waals surface area contributed by atoms with Crippen molar-refractivity contribution in [2.45, 2.75) is 135 Å². The molecule has 0 radical (unpaired) electrons. The number of nitrogens with one attached hydrogen (secondary N) is 2. The van der Waals surface area contributed by atoms with E-state index in [9.17, 15) is 24.0 Å². The average molecular weight is 1330 g/mol. The summed E-state index contributed by atoms with van der Waals surface area (Å²) in [5.41, 5.74) is 5.61. The van der Waals surface area contributed by atoms with E-state index in [0.717, 1.165) is 13.8 Å². The Labute approximate surface area is 543 Å². The Morgan fingerprint density at radius 3 is 1.86 bits per heavy atom. The number of aromatic nitrogens is 4. The topological polar surface area (TPSA) is 336 Å². The number of ketones is 1. The first-order chi connectivity index (χ1) is 45.0. The fourth-order valence-corrected chi connectivity index (χ4v) is 13.6. The first kappa shape index (κ1) is 71.7. The first-order valence-electron chi connectivity index (χ1n) is 30.6. The normalized spacial score (nSPS) is 20.7. The molecule has 0 aliphatic carbocycles. The summed E-state index contributed by atoms with van der Waals surface area (Å²) in [6.45, 7) is 10.6. The molecule has 94 heavy (non-hydrogen) atoms. The van der Waals surface area contributed by atoms with Crippen LogP contribution < -0.4 is 30.8 Å². The third-order valence-electron chi connectivity index (χ3n) is 15.1. The largest absolute Gasteiger partial charge is 0.497 e. The van der Waals surface area contributed by atoms with Gasteiger partial charge in [0.2, 0.25) is 17.6 Å². The van der Waals surface area contributed by atoms with E-state index >= 15 is 9.36 Å². The maximum absolute atomic E-state index is 16.2. The molecule has 28 nitrogen and oxygen atoms in total. The summed E-state index contributed by atoms with van der Waals surface area (Å²) in [6.07, 6.45) is -9.42. The third-order valence-corrected chi connectivity index (χ3v) is 17.7. The van der Waals surface area contributed by atoms with Crippen LogP contribution in [0.2, 0.25) is 0 Å². The van der Waals surface area contributed by atoms with Crippen LogP contribution in [0.3, 0.4) is 0 Å². The van der Waals surface area contributed by atoms with Crippen molar-refractivity contribution in [1.82, 2.24) is 29.5 Å². The lowest BCUT2D eigenvalue weighted by Gasteiger charge is -2.44. The molecule has 2 aliphatic heterocycles. The van der Waals surface area contributed by atoms with Crippen LogP contribution in [0.1, 0.15) is 84.7 Å². The molecule has 2 unspecified atom stereocenters. The summed E-state index contributed by atoms with van der Waals surface area (Å²) in [5, 5.41) is 2.65. The number of aromatic amines is 1. The minimum Gasteiger partial charge on any atom is -0.497 e. The van der Waals surface area contributed by atoms with E-state index in [1.165, 1.54) is 24.7 Å². The molecule has 0 spiro atoms. The minimum atomic E-state index is -4.54. The molecule has 4 N–H and O–H groups in total. The van der Waals surface area contributed by atoms with Gasteiger partial charge in [-0.05, 0) is 80.8 Å². The molecule has 2 aliphatic rings. The molecule has 1 amide bonds. The van der Waals surface area contributed by atoms with Gasteiger partial charge in [-0.3, -0.25) is 47.4 Å². The number of H-pyrrole nitrogens is 1. The Balaban J connectivity index is 1.08. The molecule has 29 heteroatoms. The van der Waals surface area contributed by atoms with Gasteiger partial charge >= 0.3 is 25.7 Å². The number of hydrogen-bond acceptors (Lipinski definition) is 24. The Bertz CT molecular complexity index is 3520. The standard InChI is InChI=1S/C65H82N7O21P/c1-39(2)72(40(3)4)94(79,87-34-32-83-30-29-82-31-33-84-63-55(68-41(5)73)60(89-44(8)76)59(88-43(7)75)53(90-63)37-85-42(6)74)93-52-35-54(71-38-67-56-61(71)69-64(66)70-62(56)78)91-58(52)57(51(77)36-86-50-19-15-12-16-20-50)92-65(45-17-13-11-14-18-45,46-21-25-48(80-9)26-22-46)47-23-27-49(81-10)28-24-47/h11-28,38-40,52-55,57-60,63H,29-37H2,1-10H3,(H,68,73)(H3,66,69,70,78)/t52-,53+,54+,55+,57?,58-,59-,60+,63+,94?/m0/s1. The molecule has 2 fully saturated rings. The summed E-state index contributed by atoms with van der Waals surface area (Å²) < 4.78 is 105. The number of imidazole rings is 1. The molecule has 508 valence electrons. The molecule has 0 saturated carbocycles. The van der Waals surface area contributed by atoms with Crippen molar-refractivity contribution >= 4 is 54.5 Å². The van der Waals surface area contributed by atoms with E-state index in [1.807, 2.05) is 88.4 Å². The van der Waals surface area contributed by atoms with Crippen molar-refractivity contribution in [3.63, 3.8) is 0 Å². The van der Waals surface area contributed by atoms with Gasteiger partial charge in [-0.2, -0.15) is 4.98 Å². The number of nitrogens with zero attached hydrogens (tertiary/aromatic N) is 4. The fraction of sp³-hybridized carbons (Fsp3) is 0.477. The van der Waals surface area contributed by atoms with Gasteiger partial charge in [-0.15, -0.1) is 0 Å². The van der Waals surface area contributed by atoms with Crippen molar-refractivity contribution in [1.29, 1.82) is 0 Å². The number of hydrogen-bond donors (Lipinski definition) is 3. The Morgan fingerprint density at radius 2 is 1.30 bits per heavy atom. The Morgan fingerprint density at radius 1 is 0.734 bits per heavy atom. The van der Waals surface area contributed by atoms with E-state index in [4.69, 9.17) is 71.6 Å². The summed E-state index contributed by atoms with van der Waals surface area (Å²) in [4.78, 5) is 89.0. The van der Waals surface area contributed by atoms with Crippen LogP contribution >= 0.6 is 7.75 Å². The molecular weight excluding hydrogens is 1250 g/mol. The number of ether oxygens (including phenoxy) is 12. The van der Waals surface area contributed by atoms with E-state index in [-0.39, 0.29) is 63.2 Å². The third kappa shape index (κ3) is 18.0. The quantitative estimate of drug-likeness (QED) is 0.0130. The molecule has 8 rings (SSSR count). The molecule has 4 heterocycles. The smallest absolute Gasteiger partial charge is 0.409 e. The number of carbonyl (C=O) groups is 5. The number of Topliss-reactive ketones (excluding diaryl/α,β-unsaturated/α-hetero) is 1. The number of nitrogens with two attached hydrogens (primary N) is 1. The highest BCUT2D eigenvalue weighted by molar-refractivity contribution is 7.51. The van der Waals surface area contributed by atoms with Crippen molar-refractivity contribution in [2.75, 3.05) is 72.8 Å². The molecule has 6 aromatic rings. The molecule has 4 aromatic carbocycles. The highest BCUT2D eigenvalue weighted by Crippen LogP contribution is 2.58. The van der Waals surface area contributed by atoms with E-state index in [1.54, 1.807) is 67.4 Å². The van der Waals surface area contributed by atoms with Crippen LogP contribution in [0.5, 0.6) is 17.2 Å². The summed E-state index contributed by atoms with van der Waals surface area (Å²) >= 11 is 0. The number of methoxy groups -OCH3 is 2. The molecule has 10 atom stereocenters. The predicted molar refractivity (Wildman–Crippen MR) is 337 cm³/mol. The van der Waals surface area contributed by atoms with E-state index < -0.39 is 129 Å². The second-order valence-corrected chi connectivity index (χ2v) is 24.4. The number of nitrogen functional groups attached to an aromatic ring is 1. The Kier molecular flexibility index (Phi) is 25.4. The monoisotopic (exact) mass is 1330 g/mol. The predicted octanol–water partition coefficient (Wildman–Crippen LogP) is 6.37. The number of carbonyl (C=O) groups excluding carboxylic acids is 5. The van der Waals surface area contributed by atoms with Gasteiger partial charge in [0, 0.05) is 46.2 Å². The van der Waals surface area contributed by atoms with Crippen molar-refractivity contribution < 1.29 is 94.4 Å². The molecule has 2 aromatic heterocycles. The Hall–Kier alpha value is -8.15. The minimum absolute atomic E-state index is 0.0162. The van der Waals surface area contributed by atoms with Gasteiger partial charge in [0.15, 0.2) is 35.8 Å². The number of amides is 1. The zero-order chi connectivity index (χ0) is 67.7. The van der Waals surface area contributed by atoms with Gasteiger partial charge in [-0.25, -0.2) is 14.2 Å². The van der Waals surface area contributed by atoms with Crippen molar-refractivity contribution in [3.8, 4) is 17.2 Å². The first-order valence-corrected chi connectivity index (χ1v) is 32.0. The zero-order valence-corrected chi connectivity index (χ0v) is 55.0. The summed E-state index contributed by atoms with van der Waals surface area (Å²) in [7, 11) is -1.43. The van der Waals surface area contributed by atoms with Gasteiger partial charge in [-0.1, -0.05) is 72.8 Å². The summed E-state index contributed by atoms with van der Waals surface area (Å²) in [6, 6.07) is 30.4. The van der Waals surface area contributed by atoms with E-state index in [0.29, 0.717) is 33.9 Å². The summed E-state index contributed by atoms with van der Waals surface area (Å²) in [5.74, 6) is -2.01. The van der Waals surface area contributed by atoms with Crippen molar-refractivity contribution in [2.24, 2.45) is 0 Å². The highest BCUT2D eigenvalue weighted by Gasteiger charge is 2.55. The number of rotatable bonds is 34. The number of para-hydroxylation sites is 1. The van der Waals surface area contributed by atoms with Gasteiger partial charge in [0.05, 0.1) is 60.2 Å². The zero-order valence-electron chi connectivity index (χ0n) is 54.1. The van der Waals surface area contributed by atoms with E-state index in [2.05, 4.69) is 20.3 Å². The fourth-order valence-electron chi connectivity index (χ4n) is 11.3. The second kappa shape index (κ2) is 33.3. The maximum Gasteiger partial charge on any atom is 0.409 e. The molecule has 2 saturated heterocycles. The lowest BCUT2D eigenvalue weighted by molar-refractivity contribution is -0.279. The van der Waals surface area contributed by atoms with Gasteiger partial charge in [0.25, 0.3) is 5.56 Å². The number of benzene rings is 4. The SMILES string of the molecule is COc1ccc(C(OC(C(=O)COc2ccccc2)[C@H]2O[C@@H](n3cnc4c(=O)[nH]c(N)nc43)C[C@@H]2OP(=O)(OCCOCCOCCO[C@@H]2O[C@H](COC(C)=O)[C@H](OC(C)=O)[C@H](OC(C)=O)[C@H]2NC(C)=O)N(C(C)C)C(C)C)(c2ccccc2)c2ccc(OC)cc2)cc1. The number of anilines is 1. The van der Waals surface area contributed by atoms with Crippen LogP contribution in [0.4, 0.5) is 5.95 Å². The van der Waals surface area contributed by atoms with Crippen LogP contribution in [0, 0.1) is 0 Å². The van der Waals surface area contributed by atoms with Gasteiger partial charge in [0.1, 0.15) is 66.6 Å². The molecule has 0 bridgehead atoms. The highest BCUT2D eigenvalue weighted by atomic mass is 31.2. The van der Waals surface area contributed by atoms with Crippen LogP contribution in [0.15, 0.2) is 120 Å². The van der Waals surface area contributed by atoms with Crippen LogP contribution in [-0.4, -0.2) is 182 Å². The number of esters is 3. The van der Waals surface area contributed by atoms with Crippen molar-refractivity contribution in [3.05, 3.63) is 143 Å². The lowest BCUT2D eigenvalue weighted by Crippen LogP contribution is -2.66.